The number of hydrogen-bond acceptors (Lipinski definition) is 7. The van der Waals surface area contributed by atoms with Gasteiger partial charge in [0.25, 0.3) is 5.91 Å². The van der Waals surface area contributed by atoms with Crippen LogP contribution in [0.1, 0.15) is 24.8 Å². The van der Waals surface area contributed by atoms with Crippen molar-refractivity contribution in [2.75, 3.05) is 14.2 Å². The van der Waals surface area contributed by atoms with E-state index in [1.54, 1.807) is 0 Å². The second-order valence-electron chi connectivity index (χ2n) is 7.23. The largest absolute Gasteiger partial charge is 0.534 e. The fourth-order valence-corrected chi connectivity index (χ4v) is 3.94. The molecule has 0 bridgehead atoms. The minimum atomic E-state index is -6.03. The predicted molar refractivity (Wildman–Crippen MR) is 109 cm³/mol. The molecule has 1 aliphatic heterocycles. The number of amides is 1. The molecule has 8 nitrogen and oxygen atoms in total. The lowest BCUT2D eigenvalue weighted by atomic mass is 9.88. The van der Waals surface area contributed by atoms with E-state index in [0.29, 0.717) is 5.56 Å². The number of methoxy groups -OCH3 is 1. The van der Waals surface area contributed by atoms with Gasteiger partial charge in [0.05, 0.1) is 12.7 Å². The Kier molecular flexibility index (Phi) is 7.05. The summed E-state index contributed by atoms with van der Waals surface area (Å²) in [4.78, 5) is 24.2. The molecule has 0 spiro atoms. The number of carbonyl (C=O) groups excluding carboxylic acids is 2. The lowest BCUT2D eigenvalue weighted by Crippen LogP contribution is -2.28. The number of halogens is 4. The monoisotopic (exact) mass is 505 g/mol. The van der Waals surface area contributed by atoms with E-state index < -0.39 is 45.2 Å². The first-order valence-corrected chi connectivity index (χ1v) is 11.2. The molecule has 1 aromatic carbocycles. The van der Waals surface area contributed by atoms with Crippen molar-refractivity contribution < 1.29 is 49.2 Å². The van der Waals surface area contributed by atoms with E-state index in [9.17, 15) is 35.6 Å². The molecule has 1 aliphatic carbocycles. The number of rotatable bonds is 7. The molecule has 1 amide bonds. The third kappa shape index (κ3) is 5.08. The minimum Gasteiger partial charge on any atom is -0.484 e. The second kappa shape index (κ2) is 9.49. The van der Waals surface area contributed by atoms with Crippen molar-refractivity contribution in [1.82, 2.24) is 5.32 Å². The molecule has 1 unspecified atom stereocenters. The third-order valence-corrected chi connectivity index (χ3v) is 6.06. The van der Waals surface area contributed by atoms with Gasteiger partial charge in [-0.15, -0.1) is 0 Å². The number of nitrogens with one attached hydrogen (secondary N) is 1. The number of hydrogen-bond donors (Lipinski definition) is 1. The predicted octanol–water partition coefficient (Wildman–Crippen LogP) is 3.09. The number of alkyl halides is 3. The summed E-state index contributed by atoms with van der Waals surface area (Å²) in [5.74, 6) is -2.52. The molecular formula is C21H19F4NO7S. The van der Waals surface area contributed by atoms with Crippen LogP contribution >= 0.6 is 0 Å². The van der Waals surface area contributed by atoms with Crippen molar-refractivity contribution in [2.45, 2.75) is 30.9 Å². The molecule has 0 saturated carbocycles. The topological polar surface area (TPSA) is 108 Å². The van der Waals surface area contributed by atoms with Crippen LogP contribution in [0.25, 0.3) is 5.76 Å². The first-order valence-electron chi connectivity index (χ1n) is 9.78. The van der Waals surface area contributed by atoms with Gasteiger partial charge >= 0.3 is 21.6 Å². The zero-order valence-electron chi connectivity index (χ0n) is 17.9. The SMILES string of the molecule is CNC(=O)C1=C(c2ccc(F)cc2)OC2CC(CCC(=O)OC)=C(OS(=O)(=O)C(F)(F)F)C=C12. The van der Waals surface area contributed by atoms with Crippen LogP contribution in [0.2, 0.25) is 0 Å². The van der Waals surface area contributed by atoms with Gasteiger partial charge in [-0.1, -0.05) is 0 Å². The van der Waals surface area contributed by atoms with Gasteiger partial charge in [-0.3, -0.25) is 9.59 Å². The average molecular weight is 505 g/mol. The number of fused-ring (bicyclic) bond motifs is 1. The van der Waals surface area contributed by atoms with Crippen molar-refractivity contribution in [2.24, 2.45) is 0 Å². The van der Waals surface area contributed by atoms with Crippen LogP contribution < -0.4 is 5.32 Å². The molecule has 34 heavy (non-hydrogen) atoms. The molecule has 1 N–H and O–H groups in total. The lowest BCUT2D eigenvalue weighted by molar-refractivity contribution is -0.140. The highest BCUT2D eigenvalue weighted by atomic mass is 32.2. The van der Waals surface area contributed by atoms with Gasteiger partial charge in [0.1, 0.15) is 23.4 Å². The minimum absolute atomic E-state index is 0.0304. The van der Waals surface area contributed by atoms with Crippen molar-refractivity contribution in [3.63, 3.8) is 0 Å². The van der Waals surface area contributed by atoms with Gasteiger partial charge in [0.15, 0.2) is 0 Å². The van der Waals surface area contributed by atoms with Crippen molar-refractivity contribution in [3.8, 4) is 0 Å². The number of allylic oxidation sites excluding steroid dienone is 1. The number of esters is 1. The molecule has 0 aromatic heterocycles. The van der Waals surface area contributed by atoms with Crippen LogP contribution in [0, 0.1) is 5.82 Å². The third-order valence-electron chi connectivity index (χ3n) is 5.09. The molecule has 0 fully saturated rings. The maximum absolute atomic E-state index is 13.4. The zero-order valence-corrected chi connectivity index (χ0v) is 18.7. The van der Waals surface area contributed by atoms with Gasteiger partial charge < -0.3 is 19.0 Å². The van der Waals surface area contributed by atoms with Gasteiger partial charge in [0.2, 0.25) is 0 Å². The molecule has 0 saturated heterocycles. The van der Waals surface area contributed by atoms with E-state index >= 15 is 0 Å². The maximum atomic E-state index is 13.4. The van der Waals surface area contributed by atoms with Crippen LogP contribution in [-0.2, 0) is 33.4 Å². The molecule has 184 valence electrons. The fourth-order valence-electron chi connectivity index (χ4n) is 3.44. The molecule has 13 heteroatoms. The summed E-state index contributed by atoms with van der Waals surface area (Å²) in [6, 6.07) is 4.97. The number of likely N-dealkylation sites (N-methyl/N-ethyl adjacent to an activating group) is 1. The summed E-state index contributed by atoms with van der Waals surface area (Å²) < 4.78 is 90.4. The summed E-state index contributed by atoms with van der Waals surface area (Å²) in [6.45, 7) is 0. The summed E-state index contributed by atoms with van der Waals surface area (Å²) in [7, 11) is -3.60. The van der Waals surface area contributed by atoms with Crippen molar-refractivity contribution in [1.29, 1.82) is 0 Å². The Morgan fingerprint density at radius 1 is 1.21 bits per heavy atom. The molecule has 1 heterocycles. The highest BCUT2D eigenvalue weighted by Crippen LogP contribution is 2.44. The van der Waals surface area contributed by atoms with Crippen molar-refractivity contribution >= 4 is 27.8 Å². The zero-order chi connectivity index (χ0) is 25.3. The molecule has 1 aromatic rings. The van der Waals surface area contributed by atoms with Crippen LogP contribution in [0.5, 0.6) is 0 Å². The van der Waals surface area contributed by atoms with Crippen molar-refractivity contribution in [3.05, 3.63) is 64.2 Å². The summed E-state index contributed by atoms with van der Waals surface area (Å²) >= 11 is 0. The van der Waals surface area contributed by atoms with Crippen LogP contribution in [-0.4, -0.2) is 46.1 Å². The molecule has 2 aliphatic rings. The van der Waals surface area contributed by atoms with E-state index in [4.69, 9.17) is 4.74 Å². The summed E-state index contributed by atoms with van der Waals surface area (Å²) in [5, 5.41) is 2.39. The van der Waals surface area contributed by atoms with Gasteiger partial charge in [-0.25, -0.2) is 4.39 Å². The fraction of sp³-hybridized carbons (Fsp3) is 0.333. The Morgan fingerprint density at radius 3 is 2.41 bits per heavy atom. The second-order valence-corrected chi connectivity index (χ2v) is 8.77. The highest BCUT2D eigenvalue weighted by Gasteiger charge is 2.50. The quantitative estimate of drug-likeness (QED) is 0.263. The summed E-state index contributed by atoms with van der Waals surface area (Å²) in [5.41, 5.74) is -5.34. The molecular weight excluding hydrogens is 486 g/mol. The Hall–Kier alpha value is -3.35. The first kappa shape index (κ1) is 25.3. The molecule has 3 rings (SSSR count). The Morgan fingerprint density at radius 2 is 1.85 bits per heavy atom. The summed E-state index contributed by atoms with van der Waals surface area (Å²) in [6.07, 6.45) is -0.524. The average Bonchev–Trinajstić information content (AvgIpc) is 3.14. The van der Waals surface area contributed by atoms with E-state index in [2.05, 4.69) is 14.2 Å². The first-order chi connectivity index (χ1) is 15.9. The van der Waals surface area contributed by atoms with Crippen LogP contribution in [0.4, 0.5) is 17.6 Å². The van der Waals surface area contributed by atoms with Crippen LogP contribution in [0.15, 0.2) is 52.8 Å². The highest BCUT2D eigenvalue weighted by molar-refractivity contribution is 7.87. The smallest absolute Gasteiger partial charge is 0.484 e. The van der Waals surface area contributed by atoms with E-state index in [-0.39, 0.29) is 41.7 Å². The van der Waals surface area contributed by atoms with Gasteiger partial charge in [-0.2, -0.15) is 21.6 Å². The van der Waals surface area contributed by atoms with E-state index in [1.165, 1.54) is 19.2 Å². The lowest BCUT2D eigenvalue weighted by Gasteiger charge is -2.24. The van der Waals surface area contributed by atoms with Gasteiger partial charge in [-0.05, 0) is 42.3 Å². The van der Waals surface area contributed by atoms with E-state index in [1.807, 2.05) is 0 Å². The molecule has 0 radical (unpaired) electrons. The Labute approximate surface area is 192 Å². The molecule has 1 atom stereocenters. The maximum Gasteiger partial charge on any atom is 0.534 e. The normalized spacial score (nSPS) is 18.2. The Bertz CT molecular complexity index is 1200. The Balaban J connectivity index is 2.11. The number of ether oxygens (including phenoxy) is 2. The van der Waals surface area contributed by atoms with E-state index in [0.717, 1.165) is 25.3 Å². The number of benzene rings is 1. The van der Waals surface area contributed by atoms with Crippen LogP contribution in [0.3, 0.4) is 0 Å². The standard InChI is InChI=1S/C21H19F4NO7S/c1-26-20(28)18-14-10-15(33-34(29,30)21(23,24)25)12(5-8-17(27)31-2)9-16(14)32-19(18)11-3-6-13(22)7-4-11/h3-4,6-7,10,16H,5,8-9H2,1-2H3,(H,26,28). The number of carbonyl (C=O) groups is 2. The van der Waals surface area contributed by atoms with Gasteiger partial charge in [0, 0.05) is 31.0 Å².